The molecular formula is C17H27NO. The summed E-state index contributed by atoms with van der Waals surface area (Å²) in [6.45, 7) is 9.17. The van der Waals surface area contributed by atoms with Gasteiger partial charge >= 0.3 is 0 Å². The highest BCUT2D eigenvalue weighted by atomic mass is 16.3. The third-order valence-corrected chi connectivity index (χ3v) is 3.84. The highest BCUT2D eigenvalue weighted by molar-refractivity contribution is 5.38. The van der Waals surface area contributed by atoms with Gasteiger partial charge in [0.05, 0.1) is 6.10 Å². The van der Waals surface area contributed by atoms with Crippen molar-refractivity contribution < 1.29 is 5.11 Å². The summed E-state index contributed by atoms with van der Waals surface area (Å²) in [4.78, 5) is 0. The van der Waals surface area contributed by atoms with Crippen molar-refractivity contribution >= 4 is 0 Å². The molecule has 1 aliphatic carbocycles. The fourth-order valence-corrected chi connectivity index (χ4v) is 2.49. The number of hydrogen-bond acceptors (Lipinski definition) is 2. The minimum atomic E-state index is -0.283. The van der Waals surface area contributed by atoms with Gasteiger partial charge in [0.25, 0.3) is 0 Å². The molecule has 1 rings (SSSR count). The zero-order chi connectivity index (χ0) is 14.5. The molecule has 0 radical (unpaired) electrons. The van der Waals surface area contributed by atoms with Gasteiger partial charge in [-0.2, -0.15) is 0 Å². The van der Waals surface area contributed by atoms with Crippen LogP contribution >= 0.6 is 0 Å². The molecule has 1 unspecified atom stereocenters. The van der Waals surface area contributed by atoms with Crippen LogP contribution in [0.2, 0.25) is 0 Å². The second-order valence-corrected chi connectivity index (χ2v) is 5.94. The van der Waals surface area contributed by atoms with Crippen molar-refractivity contribution in [1.29, 1.82) is 0 Å². The van der Waals surface area contributed by atoms with E-state index in [1.54, 1.807) is 0 Å². The maximum absolute atomic E-state index is 9.99. The van der Waals surface area contributed by atoms with Crippen molar-refractivity contribution in [3.8, 4) is 0 Å². The van der Waals surface area contributed by atoms with E-state index in [9.17, 15) is 5.11 Å². The average molecular weight is 261 g/mol. The molecule has 2 heteroatoms. The molecule has 2 nitrogen and oxygen atoms in total. The van der Waals surface area contributed by atoms with Crippen LogP contribution in [0, 0.1) is 5.41 Å². The highest BCUT2D eigenvalue weighted by Gasteiger charge is 2.30. The van der Waals surface area contributed by atoms with Gasteiger partial charge in [0.2, 0.25) is 0 Å². The van der Waals surface area contributed by atoms with Crippen molar-refractivity contribution in [2.45, 2.75) is 46.6 Å². The zero-order valence-electron chi connectivity index (χ0n) is 12.6. The molecule has 0 aromatic rings. The summed E-state index contributed by atoms with van der Waals surface area (Å²) in [5, 5.41) is 9.99. The van der Waals surface area contributed by atoms with Gasteiger partial charge < -0.3 is 10.8 Å². The topological polar surface area (TPSA) is 46.2 Å². The van der Waals surface area contributed by atoms with E-state index in [1.165, 1.54) is 11.1 Å². The standard InChI is InChI=1S/C17H27NO/c1-13(7-5-6-12-18)8-9-15-14(2)16(19)10-11-17(15,3)4/h5-9,16,19H,10-12,18H2,1-4H3/b6-5+,9-8+,13-7+. The van der Waals surface area contributed by atoms with Gasteiger partial charge in [-0.05, 0) is 43.3 Å². The van der Waals surface area contributed by atoms with Gasteiger partial charge in [-0.3, -0.25) is 0 Å². The Bertz CT molecular complexity index is 425. The number of aliphatic hydroxyl groups is 1. The molecule has 3 N–H and O–H groups in total. The number of allylic oxidation sites excluding steroid dienone is 6. The summed E-state index contributed by atoms with van der Waals surface area (Å²) in [5.74, 6) is 0. The van der Waals surface area contributed by atoms with E-state index < -0.39 is 0 Å². The molecule has 0 amide bonds. The molecule has 1 atom stereocenters. The Kier molecular flexibility index (Phi) is 5.77. The summed E-state index contributed by atoms with van der Waals surface area (Å²) in [6, 6.07) is 0. The second-order valence-electron chi connectivity index (χ2n) is 5.94. The summed E-state index contributed by atoms with van der Waals surface area (Å²) in [5.41, 5.74) is 9.11. The number of nitrogens with two attached hydrogens (primary N) is 1. The van der Waals surface area contributed by atoms with Crippen LogP contribution in [0.1, 0.15) is 40.5 Å². The van der Waals surface area contributed by atoms with Crippen molar-refractivity contribution in [2.75, 3.05) is 6.54 Å². The molecule has 106 valence electrons. The van der Waals surface area contributed by atoms with Crippen LogP contribution in [0.4, 0.5) is 0 Å². The first-order valence-corrected chi connectivity index (χ1v) is 6.99. The number of aliphatic hydroxyl groups excluding tert-OH is 1. The average Bonchev–Trinajstić information content (AvgIpc) is 2.34. The normalized spacial score (nSPS) is 24.7. The molecule has 1 aliphatic rings. The Morgan fingerprint density at radius 1 is 1.47 bits per heavy atom. The van der Waals surface area contributed by atoms with E-state index in [0.717, 1.165) is 18.4 Å². The van der Waals surface area contributed by atoms with Crippen molar-refractivity contribution in [1.82, 2.24) is 0 Å². The molecule has 0 fully saturated rings. The monoisotopic (exact) mass is 261 g/mol. The van der Waals surface area contributed by atoms with Crippen LogP contribution in [0.5, 0.6) is 0 Å². The first kappa shape index (κ1) is 15.9. The molecule has 0 aromatic carbocycles. The first-order valence-electron chi connectivity index (χ1n) is 6.99. The molecule has 0 aromatic heterocycles. The van der Waals surface area contributed by atoms with Crippen LogP contribution in [0.15, 0.2) is 47.1 Å². The number of hydrogen-bond donors (Lipinski definition) is 2. The summed E-state index contributed by atoms with van der Waals surface area (Å²) >= 11 is 0. The van der Waals surface area contributed by atoms with Gasteiger partial charge in [0.1, 0.15) is 0 Å². The molecule has 0 saturated carbocycles. The Morgan fingerprint density at radius 2 is 2.16 bits per heavy atom. The van der Waals surface area contributed by atoms with E-state index in [-0.39, 0.29) is 11.5 Å². The van der Waals surface area contributed by atoms with Crippen LogP contribution in [0.25, 0.3) is 0 Å². The Balaban J connectivity index is 2.92. The Labute approximate surface area is 117 Å². The maximum Gasteiger partial charge on any atom is 0.0753 e. The largest absolute Gasteiger partial charge is 0.389 e. The molecule has 0 aliphatic heterocycles. The zero-order valence-corrected chi connectivity index (χ0v) is 12.6. The van der Waals surface area contributed by atoms with Gasteiger partial charge in [-0.25, -0.2) is 0 Å². The summed E-state index contributed by atoms with van der Waals surface area (Å²) in [7, 11) is 0. The third kappa shape index (κ3) is 4.48. The lowest BCUT2D eigenvalue weighted by molar-refractivity contribution is 0.163. The van der Waals surface area contributed by atoms with Crippen LogP contribution in [0.3, 0.4) is 0 Å². The minimum absolute atomic E-state index is 0.146. The molecule has 0 heterocycles. The lowest BCUT2D eigenvalue weighted by Gasteiger charge is -2.35. The second kappa shape index (κ2) is 6.88. The van der Waals surface area contributed by atoms with Crippen molar-refractivity contribution in [3.05, 3.63) is 47.1 Å². The smallest absolute Gasteiger partial charge is 0.0753 e. The van der Waals surface area contributed by atoms with E-state index in [1.807, 2.05) is 25.2 Å². The lowest BCUT2D eigenvalue weighted by atomic mass is 9.71. The van der Waals surface area contributed by atoms with E-state index in [0.29, 0.717) is 6.54 Å². The SMILES string of the molecule is CC1=C(/C=C/C(C)=C/C=C/CN)C(C)(C)CCC1O. The molecule has 0 spiro atoms. The van der Waals surface area contributed by atoms with Crippen LogP contribution < -0.4 is 5.73 Å². The summed E-state index contributed by atoms with van der Waals surface area (Å²) in [6.07, 6.45) is 11.8. The van der Waals surface area contributed by atoms with Crippen LogP contribution in [-0.2, 0) is 0 Å². The van der Waals surface area contributed by atoms with Gasteiger partial charge in [0.15, 0.2) is 0 Å². The quantitative estimate of drug-likeness (QED) is 0.761. The minimum Gasteiger partial charge on any atom is -0.389 e. The number of rotatable bonds is 4. The predicted molar refractivity (Wildman–Crippen MR) is 82.8 cm³/mol. The van der Waals surface area contributed by atoms with E-state index in [4.69, 9.17) is 5.73 Å². The van der Waals surface area contributed by atoms with Gasteiger partial charge in [-0.1, -0.05) is 49.8 Å². The fraction of sp³-hybridized carbons (Fsp3) is 0.529. The highest BCUT2D eigenvalue weighted by Crippen LogP contribution is 2.40. The molecule has 19 heavy (non-hydrogen) atoms. The molecule has 0 bridgehead atoms. The van der Waals surface area contributed by atoms with E-state index >= 15 is 0 Å². The van der Waals surface area contributed by atoms with Crippen molar-refractivity contribution in [2.24, 2.45) is 11.1 Å². The van der Waals surface area contributed by atoms with E-state index in [2.05, 4.69) is 32.9 Å². The van der Waals surface area contributed by atoms with Gasteiger partial charge in [-0.15, -0.1) is 0 Å². The fourth-order valence-electron chi connectivity index (χ4n) is 2.49. The summed E-state index contributed by atoms with van der Waals surface area (Å²) < 4.78 is 0. The Hall–Kier alpha value is -1.12. The lowest BCUT2D eigenvalue weighted by Crippen LogP contribution is -2.27. The molecule has 0 saturated heterocycles. The van der Waals surface area contributed by atoms with Crippen LogP contribution in [-0.4, -0.2) is 17.8 Å². The predicted octanol–water partition coefficient (Wildman–Crippen LogP) is 3.50. The van der Waals surface area contributed by atoms with Gasteiger partial charge in [0, 0.05) is 6.54 Å². The first-order chi connectivity index (χ1) is 8.88. The van der Waals surface area contributed by atoms with Crippen molar-refractivity contribution in [3.63, 3.8) is 0 Å². The third-order valence-electron chi connectivity index (χ3n) is 3.84. The Morgan fingerprint density at radius 3 is 2.79 bits per heavy atom. The molecular weight excluding hydrogens is 234 g/mol. The maximum atomic E-state index is 9.99.